The highest BCUT2D eigenvalue weighted by atomic mass is 16.6. The van der Waals surface area contributed by atoms with Gasteiger partial charge in [-0.2, -0.15) is 0 Å². The minimum atomic E-state index is -0.541. The van der Waals surface area contributed by atoms with E-state index < -0.39 is 5.91 Å². The van der Waals surface area contributed by atoms with Crippen LogP contribution in [0.2, 0.25) is 0 Å². The van der Waals surface area contributed by atoms with E-state index in [0.29, 0.717) is 24.5 Å². The molecule has 2 aliphatic rings. The molecule has 0 spiro atoms. The average Bonchev–Trinajstić information content (AvgIpc) is 3.16. The van der Waals surface area contributed by atoms with Crippen molar-refractivity contribution < 1.29 is 28.5 Å². The van der Waals surface area contributed by atoms with Crippen molar-refractivity contribution in [2.24, 2.45) is 5.73 Å². The Bertz CT molecular complexity index is 605. The maximum atomic E-state index is 12.3. The Morgan fingerprint density at radius 1 is 1.21 bits per heavy atom. The molecule has 8 nitrogen and oxygen atoms in total. The SMILES string of the molecule is COc1ccc(C(=O)NC2COC3C(OCC(N)=O)COC23)cc1. The number of ether oxygens (including phenoxy) is 4. The van der Waals surface area contributed by atoms with Crippen molar-refractivity contribution in [1.82, 2.24) is 5.32 Å². The van der Waals surface area contributed by atoms with Gasteiger partial charge in [0.05, 0.1) is 26.4 Å². The van der Waals surface area contributed by atoms with Crippen molar-refractivity contribution in [3.8, 4) is 5.75 Å². The van der Waals surface area contributed by atoms with Crippen LogP contribution >= 0.6 is 0 Å². The lowest BCUT2D eigenvalue weighted by Crippen LogP contribution is -2.44. The van der Waals surface area contributed by atoms with Crippen LogP contribution in [0.1, 0.15) is 10.4 Å². The summed E-state index contributed by atoms with van der Waals surface area (Å²) in [6.45, 7) is 0.453. The quantitative estimate of drug-likeness (QED) is 0.722. The Balaban J connectivity index is 1.57. The first-order valence-corrected chi connectivity index (χ1v) is 7.66. The molecular formula is C16H20N2O6. The molecule has 3 rings (SSSR count). The second-order valence-electron chi connectivity index (χ2n) is 5.72. The normalized spacial score (nSPS) is 28.4. The van der Waals surface area contributed by atoms with Crippen LogP contribution in [0.5, 0.6) is 5.75 Å². The molecule has 4 unspecified atom stereocenters. The zero-order chi connectivity index (χ0) is 17.1. The van der Waals surface area contributed by atoms with Crippen LogP contribution in [0.3, 0.4) is 0 Å². The third-order valence-corrected chi connectivity index (χ3v) is 4.12. The summed E-state index contributed by atoms with van der Waals surface area (Å²) in [5.41, 5.74) is 5.60. The van der Waals surface area contributed by atoms with Gasteiger partial charge in [-0.15, -0.1) is 0 Å². The maximum Gasteiger partial charge on any atom is 0.251 e. The molecule has 0 radical (unpaired) electrons. The summed E-state index contributed by atoms with van der Waals surface area (Å²) >= 11 is 0. The van der Waals surface area contributed by atoms with Crippen molar-refractivity contribution in [1.29, 1.82) is 0 Å². The van der Waals surface area contributed by atoms with E-state index in [4.69, 9.17) is 24.7 Å². The fourth-order valence-electron chi connectivity index (χ4n) is 2.91. The van der Waals surface area contributed by atoms with Gasteiger partial charge in [-0.3, -0.25) is 9.59 Å². The highest BCUT2D eigenvalue weighted by Crippen LogP contribution is 2.29. The molecule has 2 fully saturated rings. The Labute approximate surface area is 139 Å². The number of hydrogen-bond donors (Lipinski definition) is 2. The second-order valence-corrected chi connectivity index (χ2v) is 5.72. The van der Waals surface area contributed by atoms with Gasteiger partial charge in [0.15, 0.2) is 0 Å². The lowest BCUT2D eigenvalue weighted by atomic mass is 10.1. The number of benzene rings is 1. The molecule has 0 bridgehead atoms. The van der Waals surface area contributed by atoms with Crippen LogP contribution < -0.4 is 15.8 Å². The standard InChI is InChI=1S/C16H20N2O6/c1-21-10-4-2-9(3-5-10)16(20)18-11-6-23-15-12(7-24-14(11)15)22-8-13(17)19/h2-5,11-12,14-15H,6-8H2,1H3,(H2,17,19)(H,18,20). The van der Waals surface area contributed by atoms with Gasteiger partial charge in [0, 0.05) is 5.56 Å². The lowest BCUT2D eigenvalue weighted by Gasteiger charge is -2.18. The van der Waals surface area contributed by atoms with Crippen LogP contribution in [-0.4, -0.2) is 63.1 Å². The number of methoxy groups -OCH3 is 1. The zero-order valence-corrected chi connectivity index (χ0v) is 13.3. The van der Waals surface area contributed by atoms with Gasteiger partial charge in [0.25, 0.3) is 5.91 Å². The number of nitrogens with one attached hydrogen (secondary N) is 1. The van der Waals surface area contributed by atoms with Gasteiger partial charge in [0.1, 0.15) is 30.7 Å². The Kier molecular flexibility index (Phi) is 4.98. The fourth-order valence-corrected chi connectivity index (χ4v) is 2.91. The minimum absolute atomic E-state index is 0.177. The van der Waals surface area contributed by atoms with E-state index in [1.807, 2.05) is 0 Å². The van der Waals surface area contributed by atoms with Gasteiger partial charge in [-0.1, -0.05) is 0 Å². The first-order valence-electron chi connectivity index (χ1n) is 7.66. The van der Waals surface area contributed by atoms with Crippen molar-refractivity contribution in [2.45, 2.75) is 24.4 Å². The summed E-state index contributed by atoms with van der Waals surface area (Å²) in [5.74, 6) is -0.0674. The number of fused-ring (bicyclic) bond motifs is 1. The third-order valence-electron chi connectivity index (χ3n) is 4.12. The molecule has 130 valence electrons. The molecule has 0 aliphatic carbocycles. The molecule has 2 amide bonds. The maximum absolute atomic E-state index is 12.3. The molecule has 0 saturated carbocycles. The van der Waals surface area contributed by atoms with Gasteiger partial charge >= 0.3 is 0 Å². The predicted octanol–water partition coefficient (Wildman–Crippen LogP) is -0.538. The predicted molar refractivity (Wildman–Crippen MR) is 82.7 cm³/mol. The van der Waals surface area contributed by atoms with Crippen LogP contribution in [0.25, 0.3) is 0 Å². The number of amides is 2. The van der Waals surface area contributed by atoms with Crippen LogP contribution in [0, 0.1) is 0 Å². The zero-order valence-electron chi connectivity index (χ0n) is 13.3. The van der Waals surface area contributed by atoms with E-state index in [9.17, 15) is 9.59 Å². The third kappa shape index (κ3) is 3.50. The van der Waals surface area contributed by atoms with Gasteiger partial charge in [-0.05, 0) is 24.3 Å². The van der Waals surface area contributed by atoms with E-state index >= 15 is 0 Å². The largest absolute Gasteiger partial charge is 0.497 e. The molecule has 2 aliphatic heterocycles. The summed E-state index contributed by atoms with van der Waals surface area (Å²) in [7, 11) is 1.57. The number of carbonyl (C=O) groups excluding carboxylic acids is 2. The van der Waals surface area contributed by atoms with Crippen molar-refractivity contribution in [2.75, 3.05) is 26.9 Å². The lowest BCUT2D eigenvalue weighted by molar-refractivity contribution is -0.126. The number of hydrogen-bond acceptors (Lipinski definition) is 6. The second kappa shape index (κ2) is 7.16. The highest BCUT2D eigenvalue weighted by molar-refractivity contribution is 5.94. The molecule has 24 heavy (non-hydrogen) atoms. The highest BCUT2D eigenvalue weighted by Gasteiger charge is 2.48. The monoisotopic (exact) mass is 336 g/mol. The van der Waals surface area contributed by atoms with Gasteiger partial charge < -0.3 is 30.0 Å². The van der Waals surface area contributed by atoms with Gasteiger partial charge in [0.2, 0.25) is 5.91 Å². The molecule has 3 N–H and O–H groups in total. The average molecular weight is 336 g/mol. The van der Waals surface area contributed by atoms with Gasteiger partial charge in [-0.25, -0.2) is 0 Å². The van der Waals surface area contributed by atoms with Crippen molar-refractivity contribution in [3.63, 3.8) is 0 Å². The number of nitrogens with two attached hydrogens (primary N) is 1. The summed E-state index contributed by atoms with van der Waals surface area (Å²) in [6.07, 6.45) is -0.971. The number of primary amides is 1. The van der Waals surface area contributed by atoms with E-state index in [1.165, 1.54) is 0 Å². The molecular weight excluding hydrogens is 316 g/mol. The fraction of sp³-hybridized carbons (Fsp3) is 0.500. The van der Waals surface area contributed by atoms with Crippen LogP contribution in [-0.2, 0) is 19.0 Å². The molecule has 1 aromatic carbocycles. The van der Waals surface area contributed by atoms with E-state index in [2.05, 4.69) is 5.32 Å². The topological polar surface area (TPSA) is 109 Å². The Morgan fingerprint density at radius 2 is 1.92 bits per heavy atom. The van der Waals surface area contributed by atoms with Crippen molar-refractivity contribution in [3.05, 3.63) is 29.8 Å². The van der Waals surface area contributed by atoms with E-state index in [1.54, 1.807) is 31.4 Å². The van der Waals surface area contributed by atoms with E-state index in [0.717, 1.165) is 0 Å². The molecule has 2 heterocycles. The Hall–Kier alpha value is -2.16. The first kappa shape index (κ1) is 16.7. The molecule has 2 saturated heterocycles. The molecule has 4 atom stereocenters. The summed E-state index contributed by atoms with van der Waals surface area (Å²) < 4.78 is 21.8. The molecule has 0 aromatic heterocycles. The Morgan fingerprint density at radius 3 is 2.58 bits per heavy atom. The summed E-state index contributed by atoms with van der Waals surface area (Å²) in [6, 6.07) is 6.56. The number of carbonyl (C=O) groups is 2. The first-order chi connectivity index (χ1) is 11.6. The smallest absolute Gasteiger partial charge is 0.251 e. The van der Waals surface area contributed by atoms with Crippen LogP contribution in [0.15, 0.2) is 24.3 Å². The summed E-state index contributed by atoms with van der Waals surface area (Å²) in [4.78, 5) is 23.1. The van der Waals surface area contributed by atoms with E-state index in [-0.39, 0.29) is 36.9 Å². The molecule has 8 heteroatoms. The van der Waals surface area contributed by atoms with Crippen LogP contribution in [0.4, 0.5) is 0 Å². The summed E-state index contributed by atoms with van der Waals surface area (Å²) in [5, 5.41) is 2.91. The molecule has 1 aromatic rings. The van der Waals surface area contributed by atoms with Crippen molar-refractivity contribution >= 4 is 11.8 Å². The number of rotatable bonds is 6. The minimum Gasteiger partial charge on any atom is -0.497 e.